The fourth-order valence-electron chi connectivity index (χ4n) is 2.34. The number of carbonyl (C=O) groups excluding carboxylic acids is 1. The number of rotatable bonds is 7. The Hall–Kier alpha value is -1.04. The molecule has 1 heterocycles. The van der Waals surface area contributed by atoms with Crippen LogP contribution >= 0.6 is 11.8 Å². The van der Waals surface area contributed by atoms with Gasteiger partial charge in [-0.1, -0.05) is 18.2 Å². The van der Waals surface area contributed by atoms with Gasteiger partial charge < -0.3 is 10.4 Å². The van der Waals surface area contributed by atoms with Crippen molar-refractivity contribution < 1.29 is 9.90 Å². The number of amides is 1. The van der Waals surface area contributed by atoms with Crippen molar-refractivity contribution >= 4 is 17.7 Å². The van der Waals surface area contributed by atoms with Crippen LogP contribution in [-0.2, 0) is 4.79 Å². The average molecular weight is 294 g/mol. The van der Waals surface area contributed by atoms with E-state index in [1.54, 1.807) is 11.8 Å². The molecule has 2 N–H and O–H groups in total. The van der Waals surface area contributed by atoms with Crippen molar-refractivity contribution in [1.29, 1.82) is 0 Å². The van der Waals surface area contributed by atoms with Gasteiger partial charge in [-0.05, 0) is 31.0 Å². The predicted octanol–water partition coefficient (Wildman–Crippen LogP) is 1.21. The van der Waals surface area contributed by atoms with Crippen LogP contribution in [0, 0.1) is 5.92 Å². The fraction of sp³-hybridized carbons (Fsp3) is 0.533. The lowest BCUT2D eigenvalue weighted by Crippen LogP contribution is -2.37. The van der Waals surface area contributed by atoms with Crippen molar-refractivity contribution in [3.05, 3.63) is 30.3 Å². The number of nitrogens with one attached hydrogen (secondary N) is 1. The van der Waals surface area contributed by atoms with E-state index < -0.39 is 0 Å². The number of aliphatic hydroxyl groups is 1. The lowest BCUT2D eigenvalue weighted by Gasteiger charge is -2.15. The number of benzene rings is 1. The third-order valence-electron chi connectivity index (χ3n) is 3.43. The summed E-state index contributed by atoms with van der Waals surface area (Å²) in [4.78, 5) is 15.1. The lowest BCUT2D eigenvalue weighted by molar-refractivity contribution is -0.121. The Bertz CT molecular complexity index is 414. The van der Waals surface area contributed by atoms with Crippen LogP contribution in [0.3, 0.4) is 0 Å². The average Bonchev–Trinajstić information content (AvgIpc) is 2.92. The monoisotopic (exact) mass is 294 g/mol. The summed E-state index contributed by atoms with van der Waals surface area (Å²) in [6, 6.07) is 10.2. The lowest BCUT2D eigenvalue weighted by atomic mass is 10.1. The van der Waals surface area contributed by atoms with Crippen molar-refractivity contribution in [2.75, 3.05) is 38.5 Å². The van der Waals surface area contributed by atoms with E-state index in [1.165, 1.54) is 4.90 Å². The molecule has 0 bridgehead atoms. The Balaban J connectivity index is 1.57. The van der Waals surface area contributed by atoms with Crippen LogP contribution in [0.2, 0.25) is 0 Å². The Labute approximate surface area is 124 Å². The van der Waals surface area contributed by atoms with Gasteiger partial charge in [0.15, 0.2) is 0 Å². The number of carbonyl (C=O) groups is 1. The summed E-state index contributed by atoms with van der Waals surface area (Å²) in [7, 11) is 0. The first-order valence-electron chi connectivity index (χ1n) is 7.05. The molecule has 0 spiro atoms. The van der Waals surface area contributed by atoms with Gasteiger partial charge in [0, 0.05) is 30.3 Å². The topological polar surface area (TPSA) is 52.6 Å². The van der Waals surface area contributed by atoms with Crippen molar-refractivity contribution in [2.24, 2.45) is 5.92 Å². The third kappa shape index (κ3) is 5.15. The SMILES string of the molecule is O=C(CN1CCC(CO)C1)NCCSc1ccccc1. The summed E-state index contributed by atoms with van der Waals surface area (Å²) in [5.74, 6) is 1.31. The molecule has 1 aromatic carbocycles. The summed E-state index contributed by atoms with van der Waals surface area (Å²) < 4.78 is 0. The molecule has 0 radical (unpaired) electrons. The fourth-order valence-corrected chi connectivity index (χ4v) is 3.13. The van der Waals surface area contributed by atoms with E-state index in [1.807, 2.05) is 18.2 Å². The van der Waals surface area contributed by atoms with Crippen molar-refractivity contribution in [3.63, 3.8) is 0 Å². The second-order valence-corrected chi connectivity index (χ2v) is 6.25. The van der Waals surface area contributed by atoms with Crippen LogP contribution < -0.4 is 5.32 Å². The van der Waals surface area contributed by atoms with Gasteiger partial charge in [-0.25, -0.2) is 0 Å². The van der Waals surface area contributed by atoms with Crippen LogP contribution in [-0.4, -0.2) is 54.5 Å². The summed E-state index contributed by atoms with van der Waals surface area (Å²) >= 11 is 1.75. The molecule has 2 rings (SSSR count). The highest BCUT2D eigenvalue weighted by atomic mass is 32.2. The highest BCUT2D eigenvalue weighted by Gasteiger charge is 2.22. The molecule has 20 heavy (non-hydrogen) atoms. The molecule has 4 nitrogen and oxygen atoms in total. The van der Waals surface area contributed by atoms with Gasteiger partial charge in [-0.3, -0.25) is 9.69 Å². The van der Waals surface area contributed by atoms with Gasteiger partial charge in [0.2, 0.25) is 5.91 Å². The number of hydrogen-bond acceptors (Lipinski definition) is 4. The van der Waals surface area contributed by atoms with E-state index in [-0.39, 0.29) is 12.5 Å². The summed E-state index contributed by atoms with van der Waals surface area (Å²) in [5, 5.41) is 12.0. The molecular formula is C15H22N2O2S. The van der Waals surface area contributed by atoms with E-state index in [2.05, 4.69) is 22.3 Å². The highest BCUT2D eigenvalue weighted by molar-refractivity contribution is 7.99. The molecule has 0 saturated carbocycles. The maximum Gasteiger partial charge on any atom is 0.234 e. The molecule has 1 unspecified atom stereocenters. The normalized spacial score (nSPS) is 19.1. The molecular weight excluding hydrogens is 272 g/mol. The van der Waals surface area contributed by atoms with Crippen LogP contribution in [0.15, 0.2) is 35.2 Å². The molecule has 1 atom stereocenters. The number of aliphatic hydroxyl groups excluding tert-OH is 1. The maximum atomic E-state index is 11.8. The Morgan fingerprint density at radius 2 is 2.20 bits per heavy atom. The molecule has 1 aliphatic heterocycles. The molecule has 1 aliphatic rings. The van der Waals surface area contributed by atoms with Crippen molar-refractivity contribution in [2.45, 2.75) is 11.3 Å². The smallest absolute Gasteiger partial charge is 0.234 e. The zero-order valence-corrected chi connectivity index (χ0v) is 12.4. The van der Waals surface area contributed by atoms with Crippen molar-refractivity contribution in [1.82, 2.24) is 10.2 Å². The molecule has 1 amide bonds. The summed E-state index contributed by atoms with van der Waals surface area (Å²) in [6.07, 6.45) is 0.994. The first kappa shape index (κ1) is 15.4. The standard InChI is InChI=1S/C15H22N2O2S/c18-12-13-6-8-17(10-13)11-15(19)16-7-9-20-14-4-2-1-3-5-14/h1-5,13,18H,6-12H2,(H,16,19). The van der Waals surface area contributed by atoms with Crippen molar-refractivity contribution in [3.8, 4) is 0 Å². The molecule has 110 valence electrons. The van der Waals surface area contributed by atoms with E-state index in [0.717, 1.165) is 25.3 Å². The molecule has 1 aromatic rings. The predicted molar refractivity (Wildman–Crippen MR) is 81.8 cm³/mol. The Morgan fingerprint density at radius 3 is 2.90 bits per heavy atom. The van der Waals surface area contributed by atoms with Crippen LogP contribution in [0.4, 0.5) is 0 Å². The van der Waals surface area contributed by atoms with Crippen LogP contribution in [0.25, 0.3) is 0 Å². The minimum Gasteiger partial charge on any atom is -0.396 e. The number of likely N-dealkylation sites (tertiary alicyclic amines) is 1. The van der Waals surface area contributed by atoms with E-state index >= 15 is 0 Å². The Kier molecular flexibility index (Phi) is 6.36. The molecule has 0 aromatic heterocycles. The molecule has 1 saturated heterocycles. The molecule has 1 fully saturated rings. The van der Waals surface area contributed by atoms with Gasteiger partial charge in [-0.15, -0.1) is 11.8 Å². The van der Waals surface area contributed by atoms with Gasteiger partial charge in [0.25, 0.3) is 0 Å². The second kappa shape index (κ2) is 8.29. The van der Waals surface area contributed by atoms with Gasteiger partial charge >= 0.3 is 0 Å². The first-order chi connectivity index (χ1) is 9.78. The summed E-state index contributed by atoms with van der Waals surface area (Å²) in [6.45, 7) is 3.12. The number of hydrogen-bond donors (Lipinski definition) is 2. The van der Waals surface area contributed by atoms with E-state index in [9.17, 15) is 4.79 Å². The zero-order chi connectivity index (χ0) is 14.2. The Morgan fingerprint density at radius 1 is 1.40 bits per heavy atom. The summed E-state index contributed by atoms with van der Waals surface area (Å²) in [5.41, 5.74) is 0. The van der Waals surface area contributed by atoms with Crippen LogP contribution in [0.5, 0.6) is 0 Å². The number of nitrogens with zero attached hydrogens (tertiary/aromatic N) is 1. The van der Waals surface area contributed by atoms with Crippen LogP contribution in [0.1, 0.15) is 6.42 Å². The quantitative estimate of drug-likeness (QED) is 0.586. The molecule has 0 aliphatic carbocycles. The maximum absolute atomic E-state index is 11.8. The van der Waals surface area contributed by atoms with E-state index in [0.29, 0.717) is 19.0 Å². The third-order valence-corrected chi connectivity index (χ3v) is 4.45. The van der Waals surface area contributed by atoms with Gasteiger partial charge in [0.05, 0.1) is 6.54 Å². The second-order valence-electron chi connectivity index (χ2n) is 5.08. The number of thioether (sulfide) groups is 1. The minimum atomic E-state index is 0.0808. The first-order valence-corrected chi connectivity index (χ1v) is 8.04. The van der Waals surface area contributed by atoms with E-state index in [4.69, 9.17) is 5.11 Å². The zero-order valence-electron chi connectivity index (χ0n) is 11.6. The molecule has 5 heteroatoms. The van der Waals surface area contributed by atoms with Gasteiger partial charge in [0.1, 0.15) is 0 Å². The highest BCUT2D eigenvalue weighted by Crippen LogP contribution is 2.16. The largest absolute Gasteiger partial charge is 0.396 e. The minimum absolute atomic E-state index is 0.0808. The van der Waals surface area contributed by atoms with Gasteiger partial charge in [-0.2, -0.15) is 0 Å².